The largest absolute Gasteiger partial charge is 0.440 e. The molecule has 4 nitrogen and oxygen atoms in total. The van der Waals surface area contributed by atoms with Crippen molar-refractivity contribution in [2.75, 3.05) is 39.3 Å². The second kappa shape index (κ2) is 5.34. The van der Waals surface area contributed by atoms with E-state index in [1.807, 2.05) is 0 Å². The Hall–Kier alpha value is -0.980. The number of halogens is 3. The van der Waals surface area contributed by atoms with Crippen molar-refractivity contribution in [2.45, 2.75) is 19.0 Å². The van der Waals surface area contributed by atoms with E-state index in [0.29, 0.717) is 13.1 Å². The average molecular weight is 266 g/mol. The highest BCUT2D eigenvalue weighted by molar-refractivity contribution is 5.67. The van der Waals surface area contributed by atoms with Crippen LogP contribution < -0.4 is 0 Å². The molecule has 2 aliphatic rings. The van der Waals surface area contributed by atoms with Crippen LogP contribution in [0.15, 0.2) is 0 Å². The molecule has 0 N–H and O–H groups in total. The Morgan fingerprint density at radius 2 is 1.78 bits per heavy atom. The van der Waals surface area contributed by atoms with Crippen molar-refractivity contribution < 1.29 is 22.7 Å². The Bertz CT molecular complexity index is 297. The molecule has 0 radical (unpaired) electrons. The summed E-state index contributed by atoms with van der Waals surface area (Å²) in [6.07, 6.45) is -2.77. The van der Waals surface area contributed by atoms with Gasteiger partial charge in [-0.2, -0.15) is 13.2 Å². The van der Waals surface area contributed by atoms with E-state index in [0.717, 1.165) is 25.6 Å². The molecule has 1 saturated carbocycles. The zero-order valence-corrected chi connectivity index (χ0v) is 10.1. The molecule has 104 valence electrons. The molecule has 0 aromatic rings. The number of hydrogen-bond acceptors (Lipinski definition) is 3. The van der Waals surface area contributed by atoms with Gasteiger partial charge in [-0.15, -0.1) is 0 Å². The molecule has 0 aromatic heterocycles. The molecule has 1 aliphatic heterocycles. The normalized spacial score (nSPS) is 22.1. The number of hydrogen-bond donors (Lipinski definition) is 0. The Morgan fingerprint density at radius 1 is 1.17 bits per heavy atom. The van der Waals surface area contributed by atoms with Crippen molar-refractivity contribution in [1.82, 2.24) is 9.80 Å². The molecule has 7 heteroatoms. The number of carbonyl (C=O) groups excluding carboxylic acids is 1. The van der Waals surface area contributed by atoms with Gasteiger partial charge in [0.25, 0.3) is 0 Å². The van der Waals surface area contributed by atoms with Crippen LogP contribution in [0, 0.1) is 5.92 Å². The molecule has 1 heterocycles. The summed E-state index contributed by atoms with van der Waals surface area (Å²) in [4.78, 5) is 15.0. The summed E-state index contributed by atoms with van der Waals surface area (Å²) >= 11 is 0. The summed E-state index contributed by atoms with van der Waals surface area (Å²) in [5.74, 6) is 0.786. The van der Waals surface area contributed by atoms with Gasteiger partial charge in [-0.25, -0.2) is 4.79 Å². The molecule has 0 spiro atoms. The van der Waals surface area contributed by atoms with Crippen molar-refractivity contribution in [3.05, 3.63) is 0 Å². The van der Waals surface area contributed by atoms with Crippen LogP contribution in [-0.4, -0.2) is 61.4 Å². The molecular weight excluding hydrogens is 249 g/mol. The van der Waals surface area contributed by atoms with E-state index in [1.54, 1.807) is 0 Å². The number of nitrogens with zero attached hydrogens (tertiary/aromatic N) is 2. The highest BCUT2D eigenvalue weighted by Crippen LogP contribution is 2.29. The molecule has 1 amide bonds. The first-order chi connectivity index (χ1) is 8.44. The van der Waals surface area contributed by atoms with Gasteiger partial charge in [0.05, 0.1) is 0 Å². The third-order valence-corrected chi connectivity index (χ3v) is 3.20. The van der Waals surface area contributed by atoms with E-state index in [2.05, 4.69) is 9.64 Å². The fourth-order valence-corrected chi connectivity index (χ4v) is 2.01. The van der Waals surface area contributed by atoms with Gasteiger partial charge < -0.3 is 9.64 Å². The van der Waals surface area contributed by atoms with Crippen LogP contribution >= 0.6 is 0 Å². The van der Waals surface area contributed by atoms with Gasteiger partial charge in [-0.1, -0.05) is 0 Å². The molecular formula is C11H17F3N2O2. The van der Waals surface area contributed by atoms with Crippen molar-refractivity contribution in [3.63, 3.8) is 0 Å². The first-order valence-corrected chi connectivity index (χ1v) is 6.15. The van der Waals surface area contributed by atoms with E-state index in [1.165, 1.54) is 17.7 Å². The molecule has 18 heavy (non-hydrogen) atoms. The van der Waals surface area contributed by atoms with Gasteiger partial charge >= 0.3 is 12.3 Å². The Kier molecular flexibility index (Phi) is 3.99. The maximum atomic E-state index is 11.9. The summed E-state index contributed by atoms with van der Waals surface area (Å²) in [6, 6.07) is 0. The van der Waals surface area contributed by atoms with E-state index in [-0.39, 0.29) is 0 Å². The molecule has 2 fully saturated rings. The average Bonchev–Trinajstić information content (AvgIpc) is 3.10. The summed E-state index contributed by atoms with van der Waals surface area (Å²) in [7, 11) is 0. The highest BCUT2D eigenvalue weighted by atomic mass is 19.4. The van der Waals surface area contributed by atoms with Gasteiger partial charge in [0.15, 0.2) is 6.61 Å². The number of carbonyl (C=O) groups is 1. The third-order valence-electron chi connectivity index (χ3n) is 3.20. The summed E-state index contributed by atoms with van der Waals surface area (Å²) in [5.41, 5.74) is 0. The van der Waals surface area contributed by atoms with Crippen molar-refractivity contribution in [2.24, 2.45) is 5.92 Å². The molecule has 1 saturated heterocycles. The third kappa shape index (κ3) is 4.36. The quantitative estimate of drug-likeness (QED) is 0.779. The van der Waals surface area contributed by atoms with Crippen LogP contribution in [0.4, 0.5) is 18.0 Å². The number of ether oxygens (including phenoxy) is 1. The Labute approximate surface area is 104 Å². The highest BCUT2D eigenvalue weighted by Gasteiger charge is 2.32. The lowest BCUT2D eigenvalue weighted by Gasteiger charge is -2.34. The monoisotopic (exact) mass is 266 g/mol. The van der Waals surface area contributed by atoms with Gasteiger partial charge in [0.2, 0.25) is 0 Å². The van der Waals surface area contributed by atoms with E-state index in [4.69, 9.17) is 0 Å². The van der Waals surface area contributed by atoms with E-state index in [9.17, 15) is 18.0 Å². The first kappa shape index (κ1) is 13.5. The minimum Gasteiger partial charge on any atom is -0.440 e. The predicted molar refractivity (Wildman–Crippen MR) is 58.1 cm³/mol. The van der Waals surface area contributed by atoms with Gasteiger partial charge in [-0.3, -0.25) is 4.90 Å². The summed E-state index contributed by atoms with van der Waals surface area (Å²) in [5, 5.41) is 0. The lowest BCUT2D eigenvalue weighted by Crippen LogP contribution is -2.49. The lowest BCUT2D eigenvalue weighted by atomic mass is 10.3. The minimum absolute atomic E-state index is 0.448. The first-order valence-electron chi connectivity index (χ1n) is 6.15. The van der Waals surface area contributed by atoms with Gasteiger partial charge in [0.1, 0.15) is 0 Å². The summed E-state index contributed by atoms with van der Waals surface area (Å²) < 4.78 is 39.9. The molecule has 0 aromatic carbocycles. The van der Waals surface area contributed by atoms with Crippen molar-refractivity contribution in [1.29, 1.82) is 0 Å². The van der Waals surface area contributed by atoms with Crippen LogP contribution in [-0.2, 0) is 4.74 Å². The second-order valence-electron chi connectivity index (χ2n) is 4.90. The number of amides is 1. The standard InChI is InChI=1S/C11H17F3N2O2/c12-11(13,14)8-18-10(17)16-5-3-15(4-6-16)7-9-1-2-9/h9H,1-8H2. The molecule has 0 unspecified atom stereocenters. The smallest absolute Gasteiger partial charge is 0.422 e. The SMILES string of the molecule is O=C(OCC(F)(F)F)N1CCN(CC2CC2)CC1. The summed E-state index contributed by atoms with van der Waals surface area (Å²) in [6.45, 7) is 1.88. The number of rotatable bonds is 3. The number of alkyl halides is 3. The maximum Gasteiger partial charge on any atom is 0.422 e. The van der Waals surface area contributed by atoms with Crippen LogP contribution in [0.3, 0.4) is 0 Å². The van der Waals surface area contributed by atoms with E-state index >= 15 is 0 Å². The van der Waals surface area contributed by atoms with E-state index < -0.39 is 18.9 Å². The number of piperazine rings is 1. The van der Waals surface area contributed by atoms with Crippen molar-refractivity contribution >= 4 is 6.09 Å². The molecule has 1 aliphatic carbocycles. The fraction of sp³-hybridized carbons (Fsp3) is 0.909. The lowest BCUT2D eigenvalue weighted by molar-refractivity contribution is -0.162. The van der Waals surface area contributed by atoms with Gasteiger partial charge in [-0.05, 0) is 18.8 Å². The van der Waals surface area contributed by atoms with Gasteiger partial charge in [0, 0.05) is 32.7 Å². The Morgan fingerprint density at radius 3 is 2.28 bits per heavy atom. The topological polar surface area (TPSA) is 32.8 Å². The Balaban J connectivity index is 1.66. The van der Waals surface area contributed by atoms with Crippen LogP contribution in [0.2, 0.25) is 0 Å². The van der Waals surface area contributed by atoms with Crippen molar-refractivity contribution in [3.8, 4) is 0 Å². The minimum atomic E-state index is -4.45. The maximum absolute atomic E-state index is 11.9. The van der Waals surface area contributed by atoms with Crippen LogP contribution in [0.25, 0.3) is 0 Å². The van der Waals surface area contributed by atoms with Crippen LogP contribution in [0.1, 0.15) is 12.8 Å². The molecule has 2 rings (SSSR count). The molecule has 0 atom stereocenters. The molecule has 0 bridgehead atoms. The zero-order valence-electron chi connectivity index (χ0n) is 10.1. The van der Waals surface area contributed by atoms with Crippen LogP contribution in [0.5, 0.6) is 0 Å². The predicted octanol–water partition coefficient (Wildman–Crippen LogP) is 1.71. The second-order valence-corrected chi connectivity index (χ2v) is 4.90. The zero-order chi connectivity index (χ0) is 13.2. The fourth-order valence-electron chi connectivity index (χ4n) is 2.01.